The van der Waals surface area contributed by atoms with E-state index in [1.807, 2.05) is 6.92 Å². The first-order valence-corrected chi connectivity index (χ1v) is 6.37. The lowest BCUT2D eigenvalue weighted by atomic mass is 10.0. The molecule has 18 heavy (non-hydrogen) atoms. The second-order valence-electron chi connectivity index (χ2n) is 4.46. The molecule has 1 aromatic heterocycles. The number of nitrogens with zero attached hydrogens (tertiary/aromatic N) is 2. The minimum atomic E-state index is -0.325. The molecule has 1 aromatic rings. The van der Waals surface area contributed by atoms with E-state index in [1.54, 1.807) is 0 Å². The summed E-state index contributed by atoms with van der Waals surface area (Å²) < 4.78 is 5.58. The molecule has 1 aliphatic rings. The predicted molar refractivity (Wildman–Crippen MR) is 68.0 cm³/mol. The van der Waals surface area contributed by atoms with E-state index in [0.29, 0.717) is 6.54 Å². The first-order chi connectivity index (χ1) is 8.50. The van der Waals surface area contributed by atoms with Crippen LogP contribution in [-0.4, -0.2) is 34.9 Å². The van der Waals surface area contributed by atoms with Crippen molar-refractivity contribution in [1.82, 2.24) is 15.5 Å². The van der Waals surface area contributed by atoms with Crippen LogP contribution >= 0.6 is 23.2 Å². The molecule has 1 fully saturated rings. The number of ether oxygens (including phenoxy) is 1. The lowest BCUT2D eigenvalue weighted by Gasteiger charge is -2.23. The van der Waals surface area contributed by atoms with E-state index in [-0.39, 0.29) is 27.4 Å². The summed E-state index contributed by atoms with van der Waals surface area (Å²) in [6, 6.07) is 1.39. The Bertz CT molecular complexity index is 462. The van der Waals surface area contributed by atoms with E-state index in [0.717, 1.165) is 19.4 Å². The Morgan fingerprint density at radius 2 is 2.33 bits per heavy atom. The predicted octanol–water partition coefficient (Wildman–Crippen LogP) is 2.08. The maximum absolute atomic E-state index is 11.9. The monoisotopic (exact) mass is 289 g/mol. The normalized spacial score (nSPS) is 23.1. The average molecular weight is 290 g/mol. The van der Waals surface area contributed by atoms with Crippen molar-refractivity contribution < 1.29 is 9.53 Å². The van der Waals surface area contributed by atoms with Gasteiger partial charge in [0.25, 0.3) is 5.91 Å². The smallest absolute Gasteiger partial charge is 0.254 e. The average Bonchev–Trinajstić information content (AvgIpc) is 2.77. The molecular weight excluding hydrogens is 277 g/mol. The van der Waals surface area contributed by atoms with Crippen molar-refractivity contribution in [2.45, 2.75) is 25.4 Å². The van der Waals surface area contributed by atoms with Gasteiger partial charge in [0.05, 0.1) is 11.2 Å². The Morgan fingerprint density at radius 1 is 1.56 bits per heavy atom. The van der Waals surface area contributed by atoms with Crippen LogP contribution in [0.2, 0.25) is 10.3 Å². The molecule has 1 atom stereocenters. The van der Waals surface area contributed by atoms with Gasteiger partial charge < -0.3 is 10.1 Å². The second-order valence-corrected chi connectivity index (χ2v) is 5.20. The minimum Gasteiger partial charge on any atom is -0.373 e. The molecule has 1 N–H and O–H groups in total. The number of nitrogens with one attached hydrogen (secondary N) is 1. The topological polar surface area (TPSA) is 64.1 Å². The van der Waals surface area contributed by atoms with Crippen molar-refractivity contribution in [1.29, 1.82) is 0 Å². The molecule has 7 heteroatoms. The van der Waals surface area contributed by atoms with E-state index in [4.69, 9.17) is 27.9 Å². The maximum atomic E-state index is 11.9. The first-order valence-electron chi connectivity index (χ1n) is 5.61. The number of hydrogen-bond donors (Lipinski definition) is 1. The summed E-state index contributed by atoms with van der Waals surface area (Å²) in [6.07, 6.45) is 1.94. The van der Waals surface area contributed by atoms with Gasteiger partial charge in [-0.1, -0.05) is 23.2 Å². The van der Waals surface area contributed by atoms with Crippen LogP contribution in [0.25, 0.3) is 0 Å². The molecule has 0 bridgehead atoms. The number of amides is 1. The number of carbonyl (C=O) groups is 1. The van der Waals surface area contributed by atoms with Gasteiger partial charge in [0.2, 0.25) is 0 Å². The Morgan fingerprint density at radius 3 is 3.00 bits per heavy atom. The first kappa shape index (κ1) is 13.5. The maximum Gasteiger partial charge on any atom is 0.254 e. The summed E-state index contributed by atoms with van der Waals surface area (Å²) in [5, 5.41) is 10.1. The van der Waals surface area contributed by atoms with Gasteiger partial charge in [0, 0.05) is 13.2 Å². The van der Waals surface area contributed by atoms with E-state index >= 15 is 0 Å². The molecule has 0 spiro atoms. The summed E-state index contributed by atoms with van der Waals surface area (Å²) in [5.41, 5.74) is -0.0786. The highest BCUT2D eigenvalue weighted by Gasteiger charge is 2.30. The van der Waals surface area contributed by atoms with Gasteiger partial charge in [-0.15, -0.1) is 10.2 Å². The largest absolute Gasteiger partial charge is 0.373 e. The van der Waals surface area contributed by atoms with E-state index in [2.05, 4.69) is 15.5 Å². The summed E-state index contributed by atoms with van der Waals surface area (Å²) in [5.74, 6) is -0.325. The van der Waals surface area contributed by atoms with E-state index in [1.165, 1.54) is 6.07 Å². The molecule has 2 heterocycles. The van der Waals surface area contributed by atoms with Gasteiger partial charge >= 0.3 is 0 Å². The van der Waals surface area contributed by atoms with E-state index in [9.17, 15) is 4.79 Å². The molecule has 1 unspecified atom stereocenters. The standard InChI is InChI=1S/C11H13Cl2N3O2/c1-11(3-2-4-18-11)6-14-10(17)7-5-8(12)15-16-9(7)13/h5H,2-4,6H2,1H3,(H,14,17). The molecular formula is C11H13Cl2N3O2. The van der Waals surface area contributed by atoms with Gasteiger partial charge in [-0.25, -0.2) is 0 Å². The number of aromatic nitrogens is 2. The zero-order valence-corrected chi connectivity index (χ0v) is 11.4. The molecule has 0 aromatic carbocycles. The van der Waals surface area contributed by atoms with Crippen LogP contribution in [-0.2, 0) is 4.74 Å². The van der Waals surface area contributed by atoms with Crippen LogP contribution in [0.3, 0.4) is 0 Å². The van der Waals surface area contributed by atoms with E-state index < -0.39 is 0 Å². The summed E-state index contributed by atoms with van der Waals surface area (Å²) in [6.45, 7) is 3.14. The minimum absolute atomic E-state index is 0.0365. The molecule has 1 saturated heterocycles. The zero-order valence-electron chi connectivity index (χ0n) is 9.87. The highest BCUT2D eigenvalue weighted by Crippen LogP contribution is 2.24. The van der Waals surface area contributed by atoms with Gasteiger partial charge in [-0.3, -0.25) is 4.79 Å². The molecule has 5 nitrogen and oxygen atoms in total. The van der Waals surface area contributed by atoms with Crippen molar-refractivity contribution in [3.63, 3.8) is 0 Å². The fraction of sp³-hybridized carbons (Fsp3) is 0.545. The third-order valence-corrected chi connectivity index (χ3v) is 3.35. The Labute approximate surface area is 115 Å². The number of rotatable bonds is 3. The SMILES string of the molecule is CC1(CNC(=O)c2cc(Cl)nnc2Cl)CCCO1. The van der Waals surface area contributed by atoms with Crippen molar-refractivity contribution in [2.24, 2.45) is 0 Å². The van der Waals surface area contributed by atoms with Crippen molar-refractivity contribution >= 4 is 29.1 Å². The highest BCUT2D eigenvalue weighted by molar-refractivity contribution is 6.34. The highest BCUT2D eigenvalue weighted by atomic mass is 35.5. The molecule has 98 valence electrons. The Kier molecular flexibility index (Phi) is 4.04. The van der Waals surface area contributed by atoms with Crippen LogP contribution in [0.4, 0.5) is 0 Å². The van der Waals surface area contributed by atoms with Crippen LogP contribution < -0.4 is 5.32 Å². The number of carbonyl (C=O) groups excluding carboxylic acids is 1. The van der Waals surface area contributed by atoms with Gasteiger partial charge in [-0.2, -0.15) is 0 Å². The van der Waals surface area contributed by atoms with Crippen molar-refractivity contribution in [3.8, 4) is 0 Å². The third kappa shape index (κ3) is 3.10. The summed E-state index contributed by atoms with van der Waals surface area (Å²) in [4.78, 5) is 11.9. The molecule has 1 amide bonds. The molecule has 0 aliphatic carbocycles. The van der Waals surface area contributed by atoms with Gasteiger partial charge in [0.1, 0.15) is 0 Å². The van der Waals surface area contributed by atoms with Gasteiger partial charge in [0.15, 0.2) is 10.3 Å². The zero-order chi connectivity index (χ0) is 13.2. The fourth-order valence-electron chi connectivity index (χ4n) is 1.85. The fourth-order valence-corrected chi connectivity index (χ4v) is 2.18. The lowest BCUT2D eigenvalue weighted by molar-refractivity contribution is 0.0206. The Balaban J connectivity index is 2.01. The van der Waals surface area contributed by atoms with Crippen LogP contribution in [0.15, 0.2) is 6.07 Å². The van der Waals surface area contributed by atoms with Crippen molar-refractivity contribution in [3.05, 3.63) is 21.9 Å². The third-order valence-electron chi connectivity index (χ3n) is 2.89. The summed E-state index contributed by atoms with van der Waals surface area (Å²) in [7, 11) is 0. The van der Waals surface area contributed by atoms with Gasteiger partial charge in [-0.05, 0) is 25.8 Å². The number of hydrogen-bond acceptors (Lipinski definition) is 4. The molecule has 1 aliphatic heterocycles. The Hall–Kier alpha value is -0.910. The molecule has 0 saturated carbocycles. The lowest BCUT2D eigenvalue weighted by Crippen LogP contribution is -2.40. The number of halogens is 2. The van der Waals surface area contributed by atoms with Crippen molar-refractivity contribution in [2.75, 3.05) is 13.2 Å². The molecule has 2 rings (SSSR count). The van der Waals surface area contributed by atoms with Crippen LogP contribution in [0.1, 0.15) is 30.1 Å². The second kappa shape index (κ2) is 5.38. The van der Waals surface area contributed by atoms with Crippen LogP contribution in [0.5, 0.6) is 0 Å². The summed E-state index contributed by atoms with van der Waals surface area (Å²) >= 11 is 11.5. The molecule has 0 radical (unpaired) electrons. The quantitative estimate of drug-likeness (QED) is 0.925. The van der Waals surface area contributed by atoms with Crippen LogP contribution in [0, 0.1) is 0 Å².